The smallest absolute Gasteiger partial charge is 0.258 e. The van der Waals surface area contributed by atoms with Crippen molar-refractivity contribution in [2.45, 2.75) is 51.1 Å². The van der Waals surface area contributed by atoms with Gasteiger partial charge in [-0.05, 0) is 56.5 Å². The number of halogens is 1. The van der Waals surface area contributed by atoms with Crippen molar-refractivity contribution in [3.05, 3.63) is 75.3 Å². The lowest BCUT2D eigenvalue weighted by atomic mass is 9.63. The maximum absolute atomic E-state index is 13.7. The second-order valence-corrected chi connectivity index (χ2v) is 8.44. The molecule has 1 fully saturated rings. The van der Waals surface area contributed by atoms with E-state index in [4.69, 9.17) is 11.6 Å². The van der Waals surface area contributed by atoms with E-state index in [-0.39, 0.29) is 24.1 Å². The van der Waals surface area contributed by atoms with Crippen LogP contribution in [0.4, 0.5) is 0 Å². The third-order valence-electron chi connectivity index (χ3n) is 5.88. The van der Waals surface area contributed by atoms with E-state index in [1.807, 2.05) is 61.2 Å². The van der Waals surface area contributed by atoms with Crippen LogP contribution in [0.25, 0.3) is 10.9 Å². The Hall–Kier alpha value is -2.66. The largest absolute Gasteiger partial charge is 0.332 e. The van der Waals surface area contributed by atoms with Crippen molar-refractivity contribution in [1.29, 1.82) is 0 Å². The Morgan fingerprint density at radius 2 is 1.86 bits per heavy atom. The third-order valence-corrected chi connectivity index (χ3v) is 6.13. The minimum absolute atomic E-state index is 0.0240. The highest BCUT2D eigenvalue weighted by Gasteiger charge is 2.48. The number of hydrogen-bond acceptors (Lipinski definition) is 3. The highest BCUT2D eigenvalue weighted by molar-refractivity contribution is 6.30. The van der Waals surface area contributed by atoms with Crippen LogP contribution < -0.4 is 5.56 Å². The van der Waals surface area contributed by atoms with E-state index < -0.39 is 5.41 Å². The van der Waals surface area contributed by atoms with Crippen LogP contribution in [0.15, 0.2) is 53.3 Å². The first-order valence-corrected chi connectivity index (χ1v) is 10.3. The molecular formula is C23H24ClN3O2. The molecule has 0 aliphatic heterocycles. The predicted molar refractivity (Wildman–Crippen MR) is 115 cm³/mol. The molecule has 150 valence electrons. The van der Waals surface area contributed by atoms with Crippen molar-refractivity contribution < 1.29 is 4.79 Å². The van der Waals surface area contributed by atoms with E-state index in [1.165, 1.54) is 0 Å². The maximum Gasteiger partial charge on any atom is 0.258 e. The molecular weight excluding hydrogens is 386 g/mol. The molecule has 2 aromatic carbocycles. The Kier molecular flexibility index (Phi) is 5.17. The molecule has 3 aromatic rings. The summed E-state index contributed by atoms with van der Waals surface area (Å²) in [5.41, 5.74) is 0.937. The van der Waals surface area contributed by atoms with Crippen LogP contribution in [0, 0.1) is 0 Å². The number of carbonyl (C=O) groups excluding carboxylic acids is 1. The van der Waals surface area contributed by atoms with Gasteiger partial charge in [-0.1, -0.05) is 42.3 Å². The summed E-state index contributed by atoms with van der Waals surface area (Å²) < 4.78 is 0. The average Bonchev–Trinajstić information content (AvgIpc) is 2.66. The van der Waals surface area contributed by atoms with Gasteiger partial charge in [0.2, 0.25) is 5.91 Å². The Labute approximate surface area is 174 Å². The minimum atomic E-state index is -0.522. The van der Waals surface area contributed by atoms with Crippen LogP contribution >= 0.6 is 11.6 Å². The predicted octanol–water partition coefficient (Wildman–Crippen LogP) is 4.44. The van der Waals surface area contributed by atoms with Crippen LogP contribution in [0.2, 0.25) is 5.02 Å². The van der Waals surface area contributed by atoms with Crippen molar-refractivity contribution in [3.63, 3.8) is 0 Å². The normalized spacial score (nSPS) is 15.3. The first kappa shape index (κ1) is 19.6. The summed E-state index contributed by atoms with van der Waals surface area (Å²) >= 11 is 6.05. The van der Waals surface area contributed by atoms with Gasteiger partial charge in [-0.25, -0.2) is 4.98 Å². The number of nitrogens with one attached hydrogen (secondary N) is 1. The van der Waals surface area contributed by atoms with Gasteiger partial charge < -0.3 is 9.88 Å². The SMILES string of the molecule is CC(C)N(Cc1nc2ccccc2c(=O)[nH]1)C(=O)C1(c2ccc(Cl)cc2)CCC1. The van der Waals surface area contributed by atoms with Crippen LogP contribution in [-0.2, 0) is 16.8 Å². The summed E-state index contributed by atoms with van der Waals surface area (Å²) in [6, 6.07) is 14.8. The van der Waals surface area contributed by atoms with Crippen molar-refractivity contribution >= 4 is 28.4 Å². The van der Waals surface area contributed by atoms with E-state index in [0.717, 1.165) is 24.8 Å². The quantitative estimate of drug-likeness (QED) is 0.677. The van der Waals surface area contributed by atoms with Crippen molar-refractivity contribution in [1.82, 2.24) is 14.9 Å². The molecule has 1 saturated carbocycles. The zero-order chi connectivity index (χ0) is 20.6. The number of fused-ring (bicyclic) bond motifs is 1. The average molecular weight is 410 g/mol. The minimum Gasteiger partial charge on any atom is -0.332 e. The van der Waals surface area contributed by atoms with Crippen LogP contribution in [0.1, 0.15) is 44.5 Å². The molecule has 1 amide bonds. The Balaban J connectivity index is 1.68. The fraction of sp³-hybridized carbons (Fsp3) is 0.348. The van der Waals surface area contributed by atoms with Crippen LogP contribution in [0.3, 0.4) is 0 Å². The third kappa shape index (κ3) is 3.55. The number of para-hydroxylation sites is 1. The number of H-pyrrole nitrogens is 1. The lowest BCUT2D eigenvalue weighted by Gasteiger charge is -2.45. The first-order chi connectivity index (χ1) is 13.9. The maximum atomic E-state index is 13.7. The summed E-state index contributed by atoms with van der Waals surface area (Å²) in [6.45, 7) is 4.25. The van der Waals surface area contributed by atoms with Gasteiger partial charge in [0.05, 0.1) is 22.9 Å². The lowest BCUT2D eigenvalue weighted by Crippen LogP contribution is -2.53. The molecule has 0 spiro atoms. The summed E-state index contributed by atoms with van der Waals surface area (Å²) in [4.78, 5) is 35.4. The molecule has 0 atom stereocenters. The molecule has 1 heterocycles. The molecule has 0 unspecified atom stereocenters. The number of amides is 1. The summed E-state index contributed by atoms with van der Waals surface area (Å²) in [7, 11) is 0. The van der Waals surface area contributed by atoms with Gasteiger partial charge in [0.25, 0.3) is 5.56 Å². The van der Waals surface area contributed by atoms with Gasteiger partial charge in [0, 0.05) is 11.1 Å². The number of aromatic amines is 1. The number of benzene rings is 2. The molecule has 1 aliphatic carbocycles. The number of hydrogen-bond donors (Lipinski definition) is 1. The topological polar surface area (TPSA) is 66.1 Å². The molecule has 1 aliphatic rings. The molecule has 5 nitrogen and oxygen atoms in total. The molecule has 1 aromatic heterocycles. The Bertz CT molecular complexity index is 1100. The molecule has 6 heteroatoms. The number of rotatable bonds is 5. The molecule has 0 saturated heterocycles. The highest BCUT2D eigenvalue weighted by Crippen LogP contribution is 2.46. The van der Waals surface area contributed by atoms with E-state index in [1.54, 1.807) is 6.07 Å². The molecule has 1 N–H and O–H groups in total. The zero-order valence-corrected chi connectivity index (χ0v) is 17.4. The molecule has 0 bridgehead atoms. The van der Waals surface area contributed by atoms with E-state index in [0.29, 0.717) is 21.7 Å². The molecule has 29 heavy (non-hydrogen) atoms. The first-order valence-electron chi connectivity index (χ1n) is 9.96. The number of aromatic nitrogens is 2. The molecule has 0 radical (unpaired) electrons. The molecule has 4 rings (SSSR count). The van der Waals surface area contributed by atoms with Gasteiger partial charge in [-0.3, -0.25) is 9.59 Å². The summed E-state index contributed by atoms with van der Waals surface area (Å²) in [5, 5.41) is 1.21. The van der Waals surface area contributed by atoms with Gasteiger partial charge in [-0.15, -0.1) is 0 Å². The fourth-order valence-corrected chi connectivity index (χ4v) is 4.19. The fourth-order valence-electron chi connectivity index (χ4n) is 4.06. The van der Waals surface area contributed by atoms with E-state index in [2.05, 4.69) is 9.97 Å². The van der Waals surface area contributed by atoms with Crippen molar-refractivity contribution in [2.75, 3.05) is 0 Å². The Morgan fingerprint density at radius 1 is 1.17 bits per heavy atom. The van der Waals surface area contributed by atoms with Gasteiger partial charge in [-0.2, -0.15) is 0 Å². The highest BCUT2D eigenvalue weighted by atomic mass is 35.5. The monoisotopic (exact) mass is 409 g/mol. The van der Waals surface area contributed by atoms with Gasteiger partial charge in [0.15, 0.2) is 0 Å². The second-order valence-electron chi connectivity index (χ2n) is 8.00. The van der Waals surface area contributed by atoms with Gasteiger partial charge >= 0.3 is 0 Å². The number of nitrogens with zero attached hydrogens (tertiary/aromatic N) is 2. The van der Waals surface area contributed by atoms with E-state index in [9.17, 15) is 9.59 Å². The summed E-state index contributed by atoms with van der Waals surface area (Å²) in [5.74, 6) is 0.582. The van der Waals surface area contributed by atoms with Crippen LogP contribution in [0.5, 0.6) is 0 Å². The van der Waals surface area contributed by atoms with E-state index >= 15 is 0 Å². The van der Waals surface area contributed by atoms with Gasteiger partial charge in [0.1, 0.15) is 5.82 Å². The Morgan fingerprint density at radius 3 is 2.48 bits per heavy atom. The number of carbonyl (C=O) groups is 1. The lowest BCUT2D eigenvalue weighted by molar-refractivity contribution is -0.143. The standard InChI is InChI=1S/C23H24ClN3O2/c1-15(2)27(14-20-25-19-7-4-3-6-18(19)21(28)26-20)22(29)23(12-5-13-23)16-8-10-17(24)11-9-16/h3-4,6-11,15H,5,12-14H2,1-2H3,(H,25,26,28). The van der Waals surface area contributed by atoms with Crippen molar-refractivity contribution in [2.24, 2.45) is 0 Å². The zero-order valence-electron chi connectivity index (χ0n) is 16.6. The van der Waals surface area contributed by atoms with Crippen LogP contribution in [-0.4, -0.2) is 26.8 Å². The van der Waals surface area contributed by atoms with Crippen molar-refractivity contribution in [3.8, 4) is 0 Å². The summed E-state index contributed by atoms with van der Waals surface area (Å²) in [6.07, 6.45) is 2.65. The second kappa shape index (κ2) is 7.64.